The van der Waals surface area contributed by atoms with Crippen molar-refractivity contribution in [2.24, 2.45) is 0 Å². The van der Waals surface area contributed by atoms with Crippen molar-refractivity contribution in [2.75, 3.05) is 32.8 Å². The molecule has 0 aliphatic rings. The van der Waals surface area contributed by atoms with E-state index in [1.165, 1.54) is 7.11 Å². The van der Waals surface area contributed by atoms with Crippen molar-refractivity contribution in [1.82, 2.24) is 4.98 Å². The Morgan fingerprint density at radius 1 is 1.11 bits per heavy atom. The van der Waals surface area contributed by atoms with Crippen LogP contribution in [0.5, 0.6) is 17.4 Å². The zero-order valence-corrected chi connectivity index (χ0v) is 16.7. The molecule has 28 heavy (non-hydrogen) atoms. The van der Waals surface area contributed by atoms with Gasteiger partial charge in [-0.25, -0.2) is 9.78 Å². The molecule has 0 saturated carbocycles. The summed E-state index contributed by atoms with van der Waals surface area (Å²) >= 11 is 0. The largest absolute Gasteiger partial charge is 0.497 e. The summed E-state index contributed by atoms with van der Waals surface area (Å²) in [4.78, 5) is 16.8. The quantitative estimate of drug-likeness (QED) is 0.589. The Balaban J connectivity index is 2.57. The van der Waals surface area contributed by atoms with Crippen molar-refractivity contribution in [3.8, 4) is 17.4 Å². The first-order chi connectivity index (χ1) is 13.3. The highest BCUT2D eigenvalue weighted by molar-refractivity contribution is 5.98. The molecule has 0 amide bonds. The van der Waals surface area contributed by atoms with E-state index in [0.717, 1.165) is 11.1 Å². The van der Waals surface area contributed by atoms with Crippen LogP contribution < -0.4 is 14.8 Å². The number of aryl methyl sites for hydroxylation is 3. The fourth-order valence-corrected chi connectivity index (χ4v) is 2.79. The van der Waals surface area contributed by atoms with Gasteiger partial charge in [-0.15, -0.1) is 0 Å². The van der Waals surface area contributed by atoms with Gasteiger partial charge in [-0.2, -0.15) is 0 Å². The molecular formula is C20H26N2O6. The number of nitrogens with one attached hydrogen (secondary N) is 1. The molecule has 2 aromatic rings. The van der Waals surface area contributed by atoms with Crippen molar-refractivity contribution in [1.29, 1.82) is 0 Å². The van der Waals surface area contributed by atoms with Crippen LogP contribution in [-0.2, 0) is 4.74 Å². The Kier molecular flexibility index (Phi) is 7.19. The molecule has 0 saturated heterocycles. The van der Waals surface area contributed by atoms with Crippen LogP contribution in [0.3, 0.4) is 0 Å². The summed E-state index contributed by atoms with van der Waals surface area (Å²) in [6, 6.07) is 4.62. The van der Waals surface area contributed by atoms with Crippen LogP contribution in [-0.4, -0.2) is 54.6 Å². The van der Waals surface area contributed by atoms with Crippen molar-refractivity contribution in [3.05, 3.63) is 40.6 Å². The van der Waals surface area contributed by atoms with Gasteiger partial charge in [0.25, 0.3) is 0 Å². The lowest BCUT2D eigenvalue weighted by atomic mass is 10.1. The monoisotopic (exact) mass is 390 g/mol. The third kappa shape index (κ3) is 4.71. The van der Waals surface area contributed by atoms with E-state index in [2.05, 4.69) is 10.3 Å². The van der Waals surface area contributed by atoms with Crippen LogP contribution in [0.15, 0.2) is 18.2 Å². The van der Waals surface area contributed by atoms with Crippen LogP contribution in [0.4, 0.5) is 5.69 Å². The summed E-state index contributed by atoms with van der Waals surface area (Å²) in [6.07, 6.45) is 0. The van der Waals surface area contributed by atoms with E-state index in [1.54, 1.807) is 20.1 Å². The van der Waals surface area contributed by atoms with Gasteiger partial charge in [0, 0.05) is 5.69 Å². The van der Waals surface area contributed by atoms with Gasteiger partial charge in [-0.3, -0.25) is 0 Å². The number of nitrogens with zero attached hydrogens (tertiary/aromatic N) is 1. The molecule has 0 unspecified atom stereocenters. The molecule has 0 fully saturated rings. The molecule has 8 heteroatoms. The molecule has 0 aliphatic carbocycles. The molecule has 152 valence electrons. The second-order valence-electron chi connectivity index (χ2n) is 6.38. The summed E-state index contributed by atoms with van der Waals surface area (Å²) in [6.45, 7) is 4.85. The summed E-state index contributed by atoms with van der Waals surface area (Å²) in [7, 11) is 2.85. The number of aromatic nitrogens is 1. The van der Waals surface area contributed by atoms with Gasteiger partial charge in [-0.1, -0.05) is 0 Å². The van der Waals surface area contributed by atoms with Crippen LogP contribution >= 0.6 is 0 Å². The van der Waals surface area contributed by atoms with Crippen molar-refractivity contribution >= 4 is 11.7 Å². The Labute approximate surface area is 164 Å². The molecule has 8 nitrogen and oxygen atoms in total. The number of hydrogen-bond acceptors (Lipinski definition) is 8. The number of esters is 1. The third-order valence-electron chi connectivity index (χ3n) is 4.17. The molecule has 0 atom stereocenters. The smallest absolute Gasteiger partial charge is 0.345 e. The fraction of sp³-hybridized carbons (Fsp3) is 0.400. The van der Waals surface area contributed by atoms with E-state index in [1.807, 2.05) is 26.0 Å². The Bertz CT molecular complexity index is 826. The van der Waals surface area contributed by atoms with Crippen LogP contribution in [0.25, 0.3) is 0 Å². The minimum absolute atomic E-state index is 0.0698. The molecule has 0 radical (unpaired) electrons. The van der Waals surface area contributed by atoms with Gasteiger partial charge in [0.2, 0.25) is 5.88 Å². The summed E-state index contributed by atoms with van der Waals surface area (Å²) in [5.41, 5.74) is 2.65. The second kappa shape index (κ2) is 9.38. The Morgan fingerprint density at radius 3 is 2.21 bits per heavy atom. The fourth-order valence-electron chi connectivity index (χ4n) is 2.79. The lowest BCUT2D eigenvalue weighted by Crippen LogP contribution is -2.29. The molecular weight excluding hydrogens is 364 g/mol. The van der Waals surface area contributed by atoms with E-state index in [-0.39, 0.29) is 24.7 Å². The molecule has 0 spiro atoms. The average Bonchev–Trinajstić information content (AvgIpc) is 2.67. The number of pyridine rings is 1. The maximum Gasteiger partial charge on any atom is 0.345 e. The summed E-state index contributed by atoms with van der Waals surface area (Å²) in [5.74, 6) is 0.670. The molecule has 3 N–H and O–H groups in total. The number of carbonyl (C=O) groups excluding carboxylic acids is 1. The van der Waals surface area contributed by atoms with E-state index in [0.29, 0.717) is 22.9 Å². The Morgan fingerprint density at radius 2 is 1.71 bits per heavy atom. The molecule has 0 bridgehead atoms. The number of ether oxygens (including phenoxy) is 3. The number of aliphatic hydroxyl groups is 2. The number of carbonyl (C=O) groups is 1. The van der Waals surface area contributed by atoms with Gasteiger partial charge >= 0.3 is 5.97 Å². The maximum absolute atomic E-state index is 12.5. The highest BCUT2D eigenvalue weighted by atomic mass is 16.5. The van der Waals surface area contributed by atoms with Gasteiger partial charge in [-0.05, 0) is 50.1 Å². The minimum Gasteiger partial charge on any atom is -0.497 e. The average molecular weight is 390 g/mol. The number of rotatable bonds is 8. The van der Waals surface area contributed by atoms with E-state index in [9.17, 15) is 15.0 Å². The molecule has 1 aromatic heterocycles. The second-order valence-corrected chi connectivity index (χ2v) is 6.38. The number of benzene rings is 1. The molecule has 1 heterocycles. The van der Waals surface area contributed by atoms with Crippen LogP contribution in [0.1, 0.15) is 27.2 Å². The van der Waals surface area contributed by atoms with Crippen LogP contribution in [0.2, 0.25) is 0 Å². The van der Waals surface area contributed by atoms with E-state index < -0.39 is 12.0 Å². The zero-order chi connectivity index (χ0) is 20.8. The van der Waals surface area contributed by atoms with Gasteiger partial charge in [0.05, 0.1) is 39.2 Å². The van der Waals surface area contributed by atoms with Crippen molar-refractivity contribution in [2.45, 2.75) is 26.8 Å². The first kappa shape index (κ1) is 21.5. The number of aliphatic hydroxyl groups excluding tert-OH is 2. The van der Waals surface area contributed by atoms with Crippen LogP contribution in [0, 0.1) is 20.8 Å². The number of methoxy groups -OCH3 is 2. The predicted molar refractivity (Wildman–Crippen MR) is 104 cm³/mol. The van der Waals surface area contributed by atoms with Gasteiger partial charge in [0.1, 0.15) is 17.1 Å². The van der Waals surface area contributed by atoms with Crippen molar-refractivity contribution < 1.29 is 29.2 Å². The topological polar surface area (TPSA) is 110 Å². The lowest BCUT2D eigenvalue weighted by molar-refractivity contribution is 0.0598. The number of hydrogen-bond donors (Lipinski definition) is 3. The first-order valence-corrected chi connectivity index (χ1v) is 8.75. The predicted octanol–water partition coefficient (Wildman–Crippen LogP) is 2.36. The highest BCUT2D eigenvalue weighted by Gasteiger charge is 2.24. The SMILES string of the molecule is COC(=O)c1c(NC(CO)CO)cc(C)nc1Oc1c(C)cc(OC)cc1C. The highest BCUT2D eigenvalue weighted by Crippen LogP contribution is 2.35. The molecule has 0 aliphatic heterocycles. The lowest BCUT2D eigenvalue weighted by Gasteiger charge is -2.20. The standard InChI is InChI=1S/C20H26N2O6/c1-11-6-15(26-4)7-12(2)18(11)28-19-17(20(25)27-5)16(8-13(3)21-19)22-14(9-23)10-24/h6-8,14,23-24H,9-10H2,1-5H3,(H,21,22). The van der Waals surface area contributed by atoms with Gasteiger partial charge < -0.3 is 29.7 Å². The number of anilines is 1. The maximum atomic E-state index is 12.5. The normalized spacial score (nSPS) is 10.7. The zero-order valence-electron chi connectivity index (χ0n) is 16.7. The summed E-state index contributed by atoms with van der Waals surface area (Å²) < 4.78 is 16.2. The van der Waals surface area contributed by atoms with E-state index in [4.69, 9.17) is 14.2 Å². The molecule has 1 aromatic carbocycles. The summed E-state index contributed by atoms with van der Waals surface area (Å²) in [5, 5.41) is 21.7. The Hall–Kier alpha value is -2.84. The van der Waals surface area contributed by atoms with Gasteiger partial charge in [0.15, 0.2) is 0 Å². The minimum atomic E-state index is -0.650. The third-order valence-corrected chi connectivity index (χ3v) is 4.17. The molecule has 2 rings (SSSR count). The first-order valence-electron chi connectivity index (χ1n) is 8.75. The van der Waals surface area contributed by atoms with E-state index >= 15 is 0 Å². The van der Waals surface area contributed by atoms with Crippen molar-refractivity contribution in [3.63, 3.8) is 0 Å².